The third-order valence-corrected chi connectivity index (χ3v) is 3.56. The van der Waals surface area contributed by atoms with Crippen LogP contribution in [0.25, 0.3) is 0 Å². The Hall–Kier alpha value is -2.77. The number of hydrogen-bond donors (Lipinski definition) is 1. The van der Waals surface area contributed by atoms with Gasteiger partial charge in [0.1, 0.15) is 5.69 Å². The number of nitrogens with zero attached hydrogens (tertiary/aromatic N) is 3. The van der Waals surface area contributed by atoms with E-state index >= 15 is 0 Å². The highest BCUT2D eigenvalue weighted by molar-refractivity contribution is 6.07. The maximum Gasteiger partial charge on any atom is 0.293 e. The highest BCUT2D eigenvalue weighted by atomic mass is 16.6. The van der Waals surface area contributed by atoms with Crippen molar-refractivity contribution in [3.05, 3.63) is 33.9 Å². The van der Waals surface area contributed by atoms with Crippen LogP contribution in [0.3, 0.4) is 0 Å². The maximum atomic E-state index is 11.4. The van der Waals surface area contributed by atoms with Crippen LogP contribution in [0, 0.1) is 16.0 Å². The number of carbonyl (C=O) groups excluding carboxylic acids is 2. The fourth-order valence-electron chi connectivity index (χ4n) is 2.28. The van der Waals surface area contributed by atoms with Gasteiger partial charge in [-0.05, 0) is 6.07 Å². The van der Waals surface area contributed by atoms with Gasteiger partial charge in [0.25, 0.3) is 5.69 Å². The number of nitro benzene ring substituents is 1. The van der Waals surface area contributed by atoms with Crippen LogP contribution in [-0.2, 0) is 9.59 Å². The van der Waals surface area contributed by atoms with Crippen molar-refractivity contribution >= 4 is 28.9 Å². The summed E-state index contributed by atoms with van der Waals surface area (Å²) in [5.74, 6) is -0.616. The number of amides is 2. The van der Waals surface area contributed by atoms with Crippen molar-refractivity contribution in [1.29, 1.82) is 0 Å². The summed E-state index contributed by atoms with van der Waals surface area (Å²) in [6.45, 7) is 3.17. The molecule has 1 N–H and O–H groups in total. The molecular formula is C14H16N4O4. The van der Waals surface area contributed by atoms with Gasteiger partial charge in [0.15, 0.2) is 0 Å². The molecule has 1 aromatic carbocycles. The van der Waals surface area contributed by atoms with Crippen molar-refractivity contribution in [2.75, 3.05) is 11.9 Å². The second-order valence-corrected chi connectivity index (χ2v) is 5.18. The van der Waals surface area contributed by atoms with Gasteiger partial charge in [0, 0.05) is 37.9 Å². The predicted octanol–water partition coefficient (Wildman–Crippen LogP) is 1.44. The van der Waals surface area contributed by atoms with Crippen molar-refractivity contribution in [3.8, 4) is 0 Å². The number of carbonyl (C=O) groups is 2. The van der Waals surface area contributed by atoms with Gasteiger partial charge in [-0.25, -0.2) is 5.43 Å². The van der Waals surface area contributed by atoms with Gasteiger partial charge in [-0.1, -0.05) is 13.0 Å². The molecule has 1 aromatic rings. The lowest BCUT2D eigenvalue weighted by atomic mass is 9.93. The fourth-order valence-corrected chi connectivity index (χ4v) is 2.28. The number of rotatable bonds is 3. The quantitative estimate of drug-likeness (QED) is 0.673. The van der Waals surface area contributed by atoms with Gasteiger partial charge >= 0.3 is 0 Å². The lowest BCUT2D eigenvalue weighted by Gasteiger charge is -2.20. The molecule has 2 rings (SSSR count). The lowest BCUT2D eigenvalue weighted by molar-refractivity contribution is -0.384. The zero-order valence-electron chi connectivity index (χ0n) is 12.5. The Morgan fingerprint density at radius 1 is 1.50 bits per heavy atom. The van der Waals surface area contributed by atoms with Crippen LogP contribution in [0.5, 0.6) is 0 Å². The van der Waals surface area contributed by atoms with Crippen molar-refractivity contribution in [2.24, 2.45) is 11.0 Å². The number of nitrogens with one attached hydrogen (secondary N) is 1. The van der Waals surface area contributed by atoms with Gasteiger partial charge in [0.05, 0.1) is 10.6 Å². The number of hydrogen-bond acceptors (Lipinski definition) is 5. The molecule has 0 spiro atoms. The average molecular weight is 304 g/mol. The molecule has 0 saturated carbocycles. The molecule has 1 unspecified atom stereocenters. The molecule has 1 atom stereocenters. The van der Waals surface area contributed by atoms with Gasteiger partial charge in [-0.2, -0.15) is 5.10 Å². The first-order valence-electron chi connectivity index (χ1n) is 6.70. The lowest BCUT2D eigenvalue weighted by Crippen LogP contribution is -2.32. The Morgan fingerprint density at radius 3 is 2.73 bits per heavy atom. The van der Waals surface area contributed by atoms with E-state index in [2.05, 4.69) is 10.5 Å². The molecule has 22 heavy (non-hydrogen) atoms. The van der Waals surface area contributed by atoms with E-state index in [1.165, 1.54) is 31.0 Å². The third-order valence-electron chi connectivity index (χ3n) is 3.56. The van der Waals surface area contributed by atoms with Crippen molar-refractivity contribution < 1.29 is 14.5 Å². The second-order valence-electron chi connectivity index (χ2n) is 5.18. The van der Waals surface area contributed by atoms with Crippen LogP contribution in [0.2, 0.25) is 0 Å². The van der Waals surface area contributed by atoms with Crippen LogP contribution in [0.15, 0.2) is 23.3 Å². The molecule has 0 bridgehead atoms. The predicted molar refractivity (Wildman–Crippen MR) is 80.6 cm³/mol. The summed E-state index contributed by atoms with van der Waals surface area (Å²) in [5, 5.41) is 15.3. The molecule has 0 saturated heterocycles. The number of anilines is 1. The molecule has 1 aliphatic heterocycles. The highest BCUT2D eigenvalue weighted by Gasteiger charge is 2.25. The summed E-state index contributed by atoms with van der Waals surface area (Å²) < 4.78 is 0. The zero-order chi connectivity index (χ0) is 16.4. The summed E-state index contributed by atoms with van der Waals surface area (Å²) in [5.41, 5.74) is 3.56. The first-order valence-corrected chi connectivity index (χ1v) is 6.70. The van der Waals surface area contributed by atoms with Crippen LogP contribution >= 0.6 is 0 Å². The number of benzene rings is 1. The van der Waals surface area contributed by atoms with Crippen LogP contribution in [0.4, 0.5) is 11.4 Å². The monoisotopic (exact) mass is 304 g/mol. The van der Waals surface area contributed by atoms with Gasteiger partial charge in [-0.15, -0.1) is 0 Å². The van der Waals surface area contributed by atoms with E-state index < -0.39 is 4.92 Å². The van der Waals surface area contributed by atoms with Crippen molar-refractivity contribution in [1.82, 2.24) is 5.43 Å². The summed E-state index contributed by atoms with van der Waals surface area (Å²) >= 11 is 0. The molecular weight excluding hydrogens is 288 g/mol. The second kappa shape index (κ2) is 5.92. The van der Waals surface area contributed by atoms with E-state index in [9.17, 15) is 19.7 Å². The van der Waals surface area contributed by atoms with E-state index in [4.69, 9.17) is 0 Å². The summed E-state index contributed by atoms with van der Waals surface area (Å²) in [4.78, 5) is 34.7. The Balaban J connectivity index is 2.48. The minimum Gasteiger partial charge on any atom is -0.310 e. The first-order chi connectivity index (χ1) is 10.3. The van der Waals surface area contributed by atoms with E-state index in [1.54, 1.807) is 6.07 Å². The minimum atomic E-state index is -0.537. The molecule has 2 amide bonds. The molecule has 0 fully saturated rings. The Kier molecular flexibility index (Phi) is 4.20. The topological polar surface area (TPSA) is 105 Å². The normalized spacial score (nSPS) is 17.5. The van der Waals surface area contributed by atoms with Crippen LogP contribution < -0.4 is 10.3 Å². The molecule has 0 radical (unpaired) electrons. The van der Waals surface area contributed by atoms with Crippen LogP contribution in [0.1, 0.15) is 25.8 Å². The first kappa shape index (κ1) is 15.6. The van der Waals surface area contributed by atoms with Crippen molar-refractivity contribution in [2.45, 2.75) is 20.3 Å². The Bertz CT molecular complexity index is 683. The highest BCUT2D eigenvalue weighted by Crippen LogP contribution is 2.30. The molecule has 8 heteroatoms. The van der Waals surface area contributed by atoms with Gasteiger partial charge in [-0.3, -0.25) is 19.7 Å². The molecule has 0 aromatic heterocycles. The van der Waals surface area contributed by atoms with E-state index in [0.29, 0.717) is 11.3 Å². The molecule has 8 nitrogen and oxygen atoms in total. The minimum absolute atomic E-state index is 0.134. The van der Waals surface area contributed by atoms with Gasteiger partial charge in [0.2, 0.25) is 11.8 Å². The molecule has 1 heterocycles. The smallest absolute Gasteiger partial charge is 0.293 e. The zero-order valence-corrected chi connectivity index (χ0v) is 12.5. The molecule has 0 aliphatic carbocycles. The standard InChI is InChI=1S/C14H16N4O4/c1-8-6-13(20)15-16-14(8)10-4-5-11(17(3)9(2)19)12(7-10)18(21)22/h4-5,7-8H,6H2,1-3H3,(H,15,20). The summed E-state index contributed by atoms with van der Waals surface area (Å²) in [7, 11) is 1.48. The van der Waals surface area contributed by atoms with Gasteiger partial charge < -0.3 is 4.90 Å². The van der Waals surface area contributed by atoms with E-state index in [1.807, 2.05) is 6.92 Å². The summed E-state index contributed by atoms with van der Waals surface area (Å²) in [6.07, 6.45) is 0.279. The third kappa shape index (κ3) is 2.95. The Morgan fingerprint density at radius 2 is 2.18 bits per heavy atom. The van der Waals surface area contributed by atoms with Crippen LogP contribution in [-0.4, -0.2) is 29.5 Å². The van der Waals surface area contributed by atoms with E-state index in [0.717, 1.165) is 0 Å². The molecule has 116 valence electrons. The van der Waals surface area contributed by atoms with Crippen molar-refractivity contribution in [3.63, 3.8) is 0 Å². The summed E-state index contributed by atoms with van der Waals surface area (Å²) in [6, 6.07) is 4.55. The number of hydrazone groups is 1. The Labute approximate surface area is 126 Å². The fraction of sp³-hybridized carbons (Fsp3) is 0.357. The number of nitro groups is 1. The largest absolute Gasteiger partial charge is 0.310 e. The van der Waals surface area contributed by atoms with E-state index in [-0.39, 0.29) is 35.5 Å². The average Bonchev–Trinajstić information content (AvgIpc) is 2.45. The SMILES string of the molecule is CC(=O)N(C)c1ccc(C2=NNC(=O)CC2C)cc1[N+](=O)[O-]. The maximum absolute atomic E-state index is 11.4. The molecule has 1 aliphatic rings.